The highest BCUT2D eigenvalue weighted by Crippen LogP contribution is 2.44. The van der Waals surface area contributed by atoms with Gasteiger partial charge in [-0.2, -0.15) is 19.7 Å². The van der Waals surface area contributed by atoms with Gasteiger partial charge in [0, 0.05) is 107 Å². The average molecular weight is 1440 g/mol. The molecular formula is C70H70F4N16O10S2+2. The van der Waals surface area contributed by atoms with Crippen molar-refractivity contribution < 1.29 is 75.0 Å². The summed E-state index contributed by atoms with van der Waals surface area (Å²) in [5.41, 5.74) is 0.00150. The van der Waals surface area contributed by atoms with Gasteiger partial charge >= 0.3 is 24.1 Å². The van der Waals surface area contributed by atoms with Crippen molar-refractivity contribution in [1.29, 1.82) is 10.5 Å². The monoisotopic (exact) mass is 1430 g/mol. The van der Waals surface area contributed by atoms with Crippen LogP contribution < -0.4 is 29.6 Å². The Hall–Kier alpha value is -11.3. The van der Waals surface area contributed by atoms with Gasteiger partial charge in [0.05, 0.1) is 57.8 Å². The number of hydrogen-bond donors (Lipinski definition) is 4. The first-order valence-electron chi connectivity index (χ1n) is 31.4. The van der Waals surface area contributed by atoms with E-state index in [1.807, 2.05) is 0 Å². The van der Waals surface area contributed by atoms with E-state index in [1.54, 1.807) is 125 Å². The van der Waals surface area contributed by atoms with Crippen LogP contribution in [0.3, 0.4) is 0 Å². The van der Waals surface area contributed by atoms with Gasteiger partial charge in [-0.1, -0.05) is 50.2 Å². The summed E-state index contributed by atoms with van der Waals surface area (Å²) >= 11 is 2.50. The van der Waals surface area contributed by atoms with Crippen molar-refractivity contribution in [3.8, 4) is 34.7 Å². The third kappa shape index (κ3) is 18.0. The number of pyridine rings is 2. The normalized spacial score (nSPS) is 13.5. The van der Waals surface area contributed by atoms with Gasteiger partial charge in [-0.15, -0.1) is 32.0 Å². The highest BCUT2D eigenvalue weighted by molar-refractivity contribution is 7.10. The average Bonchev–Trinajstić information content (AvgIpc) is 1.32. The number of ether oxygens (including phenoxy) is 4. The van der Waals surface area contributed by atoms with Gasteiger partial charge in [0.25, 0.3) is 12.7 Å². The lowest BCUT2D eigenvalue weighted by Crippen LogP contribution is -2.42. The summed E-state index contributed by atoms with van der Waals surface area (Å²) < 4.78 is 87.0. The van der Waals surface area contributed by atoms with Crippen LogP contribution in [0, 0.1) is 45.9 Å². The number of amides is 2. The first-order valence-corrected chi connectivity index (χ1v) is 33.1. The number of nitrogens with zero attached hydrogens (tertiary/aromatic N) is 14. The Kier molecular flexibility index (Phi) is 24.8. The van der Waals surface area contributed by atoms with E-state index in [9.17, 15) is 38.2 Å². The molecule has 0 bridgehead atoms. The first-order chi connectivity index (χ1) is 48.9. The van der Waals surface area contributed by atoms with Crippen LogP contribution in [0.4, 0.5) is 38.8 Å². The maximum absolute atomic E-state index is 15.3. The highest BCUT2D eigenvalue weighted by Gasteiger charge is 2.45. The zero-order valence-corrected chi connectivity index (χ0v) is 57.9. The van der Waals surface area contributed by atoms with Crippen LogP contribution >= 0.6 is 22.7 Å². The molecule has 4 N–H and O–H groups in total. The van der Waals surface area contributed by atoms with Crippen LogP contribution in [0.1, 0.15) is 95.4 Å². The first kappa shape index (κ1) is 75.0. The molecule has 102 heavy (non-hydrogen) atoms. The van der Waals surface area contributed by atoms with Gasteiger partial charge < -0.3 is 39.8 Å². The molecule has 0 unspecified atom stereocenters. The summed E-state index contributed by atoms with van der Waals surface area (Å²) in [6, 6.07) is 30.2. The van der Waals surface area contributed by atoms with Gasteiger partial charge in [-0.3, -0.25) is 19.4 Å². The van der Waals surface area contributed by atoms with E-state index in [0.29, 0.717) is 43.7 Å². The van der Waals surface area contributed by atoms with Crippen molar-refractivity contribution >= 4 is 58.4 Å². The molecule has 4 aromatic carbocycles. The molecule has 528 valence electrons. The number of nitrogens with one attached hydrogen (secondary N) is 2. The Morgan fingerprint density at radius 3 is 1.34 bits per heavy atom. The fourth-order valence-corrected chi connectivity index (χ4v) is 12.4. The van der Waals surface area contributed by atoms with Crippen molar-refractivity contribution in [2.45, 2.75) is 89.5 Å². The molecule has 0 saturated heterocycles. The van der Waals surface area contributed by atoms with E-state index < -0.39 is 82.9 Å². The van der Waals surface area contributed by atoms with E-state index in [0.717, 1.165) is 47.5 Å². The Bertz CT molecular complexity index is 4390. The molecule has 6 heterocycles. The number of carbonyl (C=O) groups excluding carboxylic acids is 4. The molecule has 26 nitrogen and oxygen atoms in total. The van der Waals surface area contributed by atoms with Crippen LogP contribution in [0.25, 0.3) is 22.5 Å². The number of rotatable bonds is 26. The maximum atomic E-state index is 15.3. The summed E-state index contributed by atoms with van der Waals surface area (Å²) in [6.45, 7) is 5.70. The van der Waals surface area contributed by atoms with Crippen LogP contribution in [-0.2, 0) is 66.0 Å². The SMILES string of the molecule is CNCC(=O)OCc1cccnc1N(C)C(=O)O[C@@H](C)[n+]1cnn(C[C@](O)(c2cc(F)ccc2F)[C@@H](C)c2nc(-c3ccc(C#N)cc3)cs2)c1.CNCC(=O)OCc1cccnc1N(C)C(=O)O[C@H](C)[n+]1cnn(C[C@](O)(c2cc(F)ccc2F)[C@@H](C)c2nc(-c3ccc(C#N)cc3)cs2)c1. The lowest BCUT2D eigenvalue weighted by molar-refractivity contribution is -0.753. The summed E-state index contributed by atoms with van der Waals surface area (Å²) in [4.78, 5) is 70.2. The third-order valence-electron chi connectivity index (χ3n) is 16.4. The van der Waals surface area contributed by atoms with E-state index in [4.69, 9.17) is 39.4 Å². The minimum Gasteiger partial charge on any atom is -0.460 e. The van der Waals surface area contributed by atoms with Gasteiger partial charge in [-0.05, 0) is 86.9 Å². The summed E-state index contributed by atoms with van der Waals surface area (Å²) in [5.74, 6) is -5.28. The molecule has 2 amide bonds. The number of halogens is 4. The number of hydrogen-bond acceptors (Lipinski definition) is 22. The highest BCUT2D eigenvalue weighted by atomic mass is 32.1. The predicted octanol–water partition coefficient (Wildman–Crippen LogP) is 9.17. The molecule has 0 aliphatic rings. The van der Waals surface area contributed by atoms with Gasteiger partial charge in [0.15, 0.2) is 0 Å². The van der Waals surface area contributed by atoms with Crippen molar-refractivity contribution in [2.24, 2.45) is 0 Å². The second kappa shape index (κ2) is 33.7. The van der Waals surface area contributed by atoms with Gasteiger partial charge in [-0.25, -0.2) is 47.1 Å². The Labute approximate surface area is 590 Å². The molecular weight excluding hydrogens is 1360 g/mol. The van der Waals surface area contributed by atoms with E-state index in [1.165, 1.54) is 103 Å². The number of nitriles is 2. The number of esters is 2. The van der Waals surface area contributed by atoms with Crippen molar-refractivity contribution in [3.63, 3.8) is 0 Å². The molecule has 6 aromatic heterocycles. The summed E-state index contributed by atoms with van der Waals surface area (Å²) in [7, 11) is 6.16. The number of thiazole rings is 2. The minimum absolute atomic E-state index is 0.0229. The second-order valence-electron chi connectivity index (χ2n) is 23.3. The topological polar surface area (TPSA) is 319 Å². The molecule has 10 rings (SSSR count). The molecule has 0 aliphatic heterocycles. The minimum atomic E-state index is -2.04. The predicted molar refractivity (Wildman–Crippen MR) is 362 cm³/mol. The summed E-state index contributed by atoms with van der Waals surface area (Å²) in [5, 5.41) is 61.3. The Balaban J connectivity index is 0.000000237. The van der Waals surface area contributed by atoms with Gasteiger partial charge in [0.2, 0.25) is 25.1 Å². The van der Waals surface area contributed by atoms with Crippen molar-refractivity contribution in [2.75, 3.05) is 51.1 Å². The Morgan fingerprint density at radius 2 is 0.980 bits per heavy atom. The quantitative estimate of drug-likeness (QED) is 0.0170. The molecule has 0 spiro atoms. The van der Waals surface area contributed by atoms with Crippen LogP contribution in [0.2, 0.25) is 0 Å². The van der Waals surface area contributed by atoms with E-state index in [-0.39, 0.29) is 62.2 Å². The molecule has 0 radical (unpaired) electrons. The van der Waals surface area contributed by atoms with Crippen molar-refractivity contribution in [3.05, 3.63) is 224 Å². The fraction of sp³-hybridized carbons (Fsp3) is 0.286. The van der Waals surface area contributed by atoms with E-state index >= 15 is 8.78 Å². The number of carbonyl (C=O) groups is 4. The number of benzene rings is 4. The number of aromatic nitrogens is 10. The second-order valence-corrected chi connectivity index (χ2v) is 25.1. The van der Waals surface area contributed by atoms with Crippen molar-refractivity contribution in [1.82, 2.24) is 50.1 Å². The molecule has 6 atom stereocenters. The lowest BCUT2D eigenvalue weighted by atomic mass is 9.82. The molecule has 10 aromatic rings. The van der Waals surface area contributed by atoms with Crippen LogP contribution in [0.15, 0.2) is 158 Å². The Morgan fingerprint density at radius 1 is 0.598 bits per heavy atom. The molecule has 0 fully saturated rings. The van der Waals surface area contributed by atoms with E-state index in [2.05, 4.69) is 42.9 Å². The van der Waals surface area contributed by atoms with Crippen LogP contribution in [-0.4, -0.2) is 115 Å². The number of likely N-dealkylation sites (N-methyl/N-ethyl adjacent to an activating group) is 2. The molecule has 0 aliphatic carbocycles. The smallest absolute Gasteiger partial charge is 0.418 e. The third-order valence-corrected chi connectivity index (χ3v) is 18.4. The summed E-state index contributed by atoms with van der Waals surface area (Å²) in [6.07, 6.45) is 5.30. The zero-order valence-electron chi connectivity index (χ0n) is 56.3. The lowest BCUT2D eigenvalue weighted by Gasteiger charge is -2.32. The molecule has 32 heteroatoms. The zero-order chi connectivity index (χ0) is 73.4. The maximum Gasteiger partial charge on any atom is 0.418 e. The van der Waals surface area contributed by atoms with Gasteiger partial charge in [0.1, 0.15) is 72.4 Å². The largest absolute Gasteiger partial charge is 0.460 e. The fourth-order valence-electron chi connectivity index (χ4n) is 10.5. The number of aliphatic hydroxyl groups is 2. The van der Waals surface area contributed by atoms with Crippen LogP contribution in [0.5, 0.6) is 0 Å². The standard InChI is InChI=1S/2C35H35F2N8O5S/c2*1-22(33-42-30(18-51-33)25-9-7-24(15-38)8-10-25)35(48,28-14-27(36)11-12-29(28)37)19-45-21-44(20-41-45)23(2)50-34(47)43(4)32-26(6-5-13-40-32)17-49-31(46)16-39-3/h2*5-14,18,20-23,39,48H,16-17,19H2,1-4H3/q2*+1/t22-,23+,35+;22-,23-,35+/m00/s1. The number of anilines is 2. The molecule has 0 saturated carbocycles.